The standard InChI is InChI=1S/C13H23N3/c1-3-11-6-7-16(8-11)10-13(2,9-14)15-12-4-5-12/h11-12,15H,3-8,10H2,1-2H3. The summed E-state index contributed by atoms with van der Waals surface area (Å²) in [6.45, 7) is 7.55. The van der Waals surface area contributed by atoms with Gasteiger partial charge in [-0.15, -0.1) is 0 Å². The molecule has 16 heavy (non-hydrogen) atoms. The van der Waals surface area contributed by atoms with Crippen molar-refractivity contribution in [3.05, 3.63) is 0 Å². The Morgan fingerprint density at radius 2 is 2.19 bits per heavy atom. The smallest absolute Gasteiger partial charge is 0.116 e. The summed E-state index contributed by atoms with van der Waals surface area (Å²) in [4.78, 5) is 2.45. The average molecular weight is 221 g/mol. The Balaban J connectivity index is 1.84. The monoisotopic (exact) mass is 221 g/mol. The van der Waals surface area contributed by atoms with Crippen LogP contribution in [0.4, 0.5) is 0 Å². The molecule has 0 radical (unpaired) electrons. The molecule has 90 valence electrons. The van der Waals surface area contributed by atoms with Gasteiger partial charge in [0.1, 0.15) is 5.54 Å². The zero-order valence-corrected chi connectivity index (χ0v) is 10.5. The third-order valence-corrected chi connectivity index (χ3v) is 3.83. The molecule has 1 aliphatic heterocycles. The largest absolute Gasteiger partial charge is 0.300 e. The molecule has 2 fully saturated rings. The highest BCUT2D eigenvalue weighted by atomic mass is 15.2. The number of nitriles is 1. The molecule has 1 aliphatic carbocycles. The van der Waals surface area contributed by atoms with Gasteiger partial charge in [0.15, 0.2) is 0 Å². The van der Waals surface area contributed by atoms with Crippen LogP contribution in [-0.4, -0.2) is 36.1 Å². The quantitative estimate of drug-likeness (QED) is 0.769. The van der Waals surface area contributed by atoms with E-state index in [0.717, 1.165) is 12.5 Å². The van der Waals surface area contributed by atoms with Crippen molar-refractivity contribution in [1.82, 2.24) is 10.2 Å². The fraction of sp³-hybridized carbons (Fsp3) is 0.923. The zero-order chi connectivity index (χ0) is 11.6. The van der Waals surface area contributed by atoms with E-state index in [1.807, 2.05) is 6.92 Å². The van der Waals surface area contributed by atoms with Crippen molar-refractivity contribution in [2.24, 2.45) is 5.92 Å². The molecule has 0 amide bonds. The molecule has 0 spiro atoms. The van der Waals surface area contributed by atoms with Gasteiger partial charge in [-0.1, -0.05) is 13.3 Å². The van der Waals surface area contributed by atoms with Crippen LogP contribution in [0.2, 0.25) is 0 Å². The molecule has 3 nitrogen and oxygen atoms in total. The van der Waals surface area contributed by atoms with Gasteiger partial charge in [-0.25, -0.2) is 0 Å². The van der Waals surface area contributed by atoms with Gasteiger partial charge in [-0.2, -0.15) is 5.26 Å². The van der Waals surface area contributed by atoms with Crippen molar-refractivity contribution >= 4 is 0 Å². The minimum Gasteiger partial charge on any atom is -0.300 e. The summed E-state index contributed by atoms with van der Waals surface area (Å²) in [6.07, 6.45) is 5.07. The van der Waals surface area contributed by atoms with Crippen LogP contribution >= 0.6 is 0 Å². The minimum atomic E-state index is -0.343. The van der Waals surface area contributed by atoms with E-state index in [-0.39, 0.29) is 5.54 Å². The predicted molar refractivity (Wildman–Crippen MR) is 65.0 cm³/mol. The summed E-state index contributed by atoms with van der Waals surface area (Å²) < 4.78 is 0. The van der Waals surface area contributed by atoms with Crippen LogP contribution in [0.5, 0.6) is 0 Å². The van der Waals surface area contributed by atoms with Gasteiger partial charge >= 0.3 is 0 Å². The number of rotatable bonds is 5. The number of hydrogen-bond acceptors (Lipinski definition) is 3. The third kappa shape index (κ3) is 2.96. The molecular weight excluding hydrogens is 198 g/mol. The molecule has 2 aliphatic rings. The van der Waals surface area contributed by atoms with Gasteiger partial charge in [0.2, 0.25) is 0 Å². The van der Waals surface area contributed by atoms with Crippen molar-refractivity contribution in [1.29, 1.82) is 5.26 Å². The summed E-state index contributed by atoms with van der Waals surface area (Å²) in [5.74, 6) is 0.851. The lowest BCUT2D eigenvalue weighted by molar-refractivity contribution is 0.251. The van der Waals surface area contributed by atoms with E-state index in [2.05, 4.69) is 23.2 Å². The number of nitrogens with zero attached hydrogens (tertiary/aromatic N) is 2. The number of nitrogens with one attached hydrogen (secondary N) is 1. The molecule has 1 saturated carbocycles. The van der Waals surface area contributed by atoms with Crippen LogP contribution in [0.25, 0.3) is 0 Å². The van der Waals surface area contributed by atoms with Gasteiger partial charge in [0.05, 0.1) is 6.07 Å². The van der Waals surface area contributed by atoms with Crippen LogP contribution in [0.15, 0.2) is 0 Å². The molecule has 1 saturated heterocycles. The zero-order valence-electron chi connectivity index (χ0n) is 10.5. The van der Waals surface area contributed by atoms with E-state index in [9.17, 15) is 5.26 Å². The van der Waals surface area contributed by atoms with Crippen molar-refractivity contribution in [3.8, 4) is 6.07 Å². The first kappa shape index (κ1) is 11.9. The molecule has 0 aromatic rings. The second-order valence-corrected chi connectivity index (χ2v) is 5.66. The van der Waals surface area contributed by atoms with Crippen LogP contribution < -0.4 is 5.32 Å². The lowest BCUT2D eigenvalue weighted by Crippen LogP contribution is -2.50. The first-order valence-electron chi connectivity index (χ1n) is 6.56. The fourth-order valence-corrected chi connectivity index (χ4v) is 2.63. The first-order chi connectivity index (χ1) is 7.65. The van der Waals surface area contributed by atoms with Crippen molar-refractivity contribution in [2.45, 2.75) is 51.1 Å². The molecule has 1 N–H and O–H groups in total. The lowest BCUT2D eigenvalue weighted by Gasteiger charge is -2.28. The second kappa shape index (κ2) is 4.73. The highest BCUT2D eigenvalue weighted by molar-refractivity contribution is 5.09. The molecule has 2 atom stereocenters. The van der Waals surface area contributed by atoms with Gasteiger partial charge in [0.25, 0.3) is 0 Å². The van der Waals surface area contributed by atoms with Crippen molar-refractivity contribution in [2.75, 3.05) is 19.6 Å². The molecule has 3 heteroatoms. The predicted octanol–water partition coefficient (Wildman–Crippen LogP) is 1.75. The Hall–Kier alpha value is -0.590. The second-order valence-electron chi connectivity index (χ2n) is 5.66. The molecule has 2 unspecified atom stereocenters. The first-order valence-corrected chi connectivity index (χ1v) is 6.56. The van der Waals surface area contributed by atoms with Crippen LogP contribution in [0.1, 0.15) is 39.5 Å². The molecule has 0 aromatic heterocycles. The summed E-state index contributed by atoms with van der Waals surface area (Å²) in [7, 11) is 0. The highest BCUT2D eigenvalue weighted by Crippen LogP contribution is 2.25. The summed E-state index contributed by atoms with van der Waals surface area (Å²) >= 11 is 0. The molecule has 1 heterocycles. The van der Waals surface area contributed by atoms with Gasteiger partial charge in [0, 0.05) is 19.1 Å². The van der Waals surface area contributed by atoms with E-state index >= 15 is 0 Å². The topological polar surface area (TPSA) is 39.1 Å². The molecule has 0 aromatic carbocycles. The fourth-order valence-electron chi connectivity index (χ4n) is 2.63. The number of likely N-dealkylation sites (tertiary alicyclic amines) is 1. The van der Waals surface area contributed by atoms with Crippen LogP contribution in [0.3, 0.4) is 0 Å². The van der Waals surface area contributed by atoms with Crippen molar-refractivity contribution in [3.63, 3.8) is 0 Å². The lowest BCUT2D eigenvalue weighted by atomic mass is 10.0. The van der Waals surface area contributed by atoms with E-state index in [1.54, 1.807) is 0 Å². The third-order valence-electron chi connectivity index (χ3n) is 3.83. The van der Waals surface area contributed by atoms with Crippen LogP contribution in [0, 0.1) is 17.2 Å². The number of hydrogen-bond donors (Lipinski definition) is 1. The Morgan fingerprint density at radius 3 is 2.69 bits per heavy atom. The van der Waals surface area contributed by atoms with Gasteiger partial charge < -0.3 is 4.90 Å². The van der Waals surface area contributed by atoms with Gasteiger partial charge in [-0.3, -0.25) is 5.32 Å². The Kier molecular flexibility index (Phi) is 3.51. The Morgan fingerprint density at radius 1 is 1.44 bits per heavy atom. The Bertz CT molecular complexity index is 279. The molecule has 0 bridgehead atoms. The summed E-state index contributed by atoms with van der Waals surface area (Å²) in [5, 5.41) is 12.8. The summed E-state index contributed by atoms with van der Waals surface area (Å²) in [6, 6.07) is 3.06. The minimum absolute atomic E-state index is 0.343. The normalized spacial score (nSPS) is 29.9. The maximum absolute atomic E-state index is 9.31. The van der Waals surface area contributed by atoms with Crippen molar-refractivity contribution < 1.29 is 0 Å². The SMILES string of the molecule is CCC1CCN(CC(C)(C#N)NC2CC2)C1. The van der Waals surface area contributed by atoms with E-state index in [4.69, 9.17) is 0 Å². The average Bonchev–Trinajstić information content (AvgIpc) is 2.95. The molecular formula is C13H23N3. The Labute approximate surface area is 98.8 Å². The van der Waals surface area contributed by atoms with Gasteiger partial charge in [-0.05, 0) is 38.6 Å². The summed E-state index contributed by atoms with van der Waals surface area (Å²) in [5.41, 5.74) is -0.343. The molecule has 2 rings (SSSR count). The highest BCUT2D eigenvalue weighted by Gasteiger charge is 2.35. The van der Waals surface area contributed by atoms with E-state index in [1.165, 1.54) is 38.8 Å². The van der Waals surface area contributed by atoms with E-state index in [0.29, 0.717) is 6.04 Å². The maximum Gasteiger partial charge on any atom is 0.116 e. The maximum atomic E-state index is 9.31. The van der Waals surface area contributed by atoms with Crippen LogP contribution in [-0.2, 0) is 0 Å². The van der Waals surface area contributed by atoms with E-state index < -0.39 is 0 Å².